The minimum Gasteiger partial charge on any atom is -0.369 e. The molecule has 3 amide bonds. The van der Waals surface area contributed by atoms with E-state index in [1.165, 1.54) is 5.56 Å². The first-order chi connectivity index (χ1) is 20.0. The highest BCUT2D eigenvalue weighted by molar-refractivity contribution is 9.10. The van der Waals surface area contributed by atoms with E-state index in [0.29, 0.717) is 50.1 Å². The average molecular weight is 658 g/mol. The third kappa shape index (κ3) is 6.90. The summed E-state index contributed by atoms with van der Waals surface area (Å²) in [5.41, 5.74) is 9.89. The van der Waals surface area contributed by atoms with Gasteiger partial charge in [-0.3, -0.25) is 14.7 Å². The van der Waals surface area contributed by atoms with Gasteiger partial charge in [0, 0.05) is 66.3 Å². The first kappa shape index (κ1) is 30.3. The van der Waals surface area contributed by atoms with Crippen LogP contribution in [0.25, 0.3) is 0 Å². The number of aryl methyl sites for hydroxylation is 3. The maximum Gasteiger partial charge on any atom is 0.318 e. The molecule has 42 heavy (non-hydrogen) atoms. The van der Waals surface area contributed by atoms with Gasteiger partial charge in [-0.25, -0.2) is 9.78 Å². The second kappa shape index (κ2) is 12.6. The Morgan fingerprint density at radius 2 is 1.93 bits per heavy atom. The number of fused-ring (bicyclic) bond motifs is 2. The van der Waals surface area contributed by atoms with Gasteiger partial charge in [0.2, 0.25) is 5.91 Å². The van der Waals surface area contributed by atoms with Crippen LogP contribution in [0.15, 0.2) is 47.3 Å². The van der Waals surface area contributed by atoms with E-state index >= 15 is 0 Å². The molecule has 2 aromatic heterocycles. The van der Waals surface area contributed by atoms with Gasteiger partial charge in [-0.1, -0.05) is 17.7 Å². The molecular formula is C30H38BrClN8O2. The lowest BCUT2D eigenvalue weighted by Gasteiger charge is -2.44. The fourth-order valence-electron chi connectivity index (χ4n) is 5.79. The van der Waals surface area contributed by atoms with Crippen molar-refractivity contribution in [3.05, 3.63) is 74.7 Å². The number of carbonyl (C=O) groups excluding carboxylic acids is 2. The number of hydrogen-bond acceptors (Lipinski definition) is 6. The van der Waals surface area contributed by atoms with E-state index in [2.05, 4.69) is 48.6 Å². The maximum absolute atomic E-state index is 13.7. The van der Waals surface area contributed by atoms with Crippen molar-refractivity contribution < 1.29 is 9.59 Å². The largest absolute Gasteiger partial charge is 0.369 e. The Morgan fingerprint density at radius 3 is 2.67 bits per heavy atom. The highest BCUT2D eigenvalue weighted by Gasteiger charge is 2.40. The summed E-state index contributed by atoms with van der Waals surface area (Å²) < 4.78 is 2.78. The molecule has 4 N–H and O–H groups in total. The number of pyridine rings is 1. The summed E-state index contributed by atoms with van der Waals surface area (Å²) in [5.74, 6) is 0.261. The second-order valence-corrected chi connectivity index (χ2v) is 13.3. The Morgan fingerprint density at radius 1 is 1.14 bits per heavy atom. The summed E-state index contributed by atoms with van der Waals surface area (Å²) in [6.45, 7) is 8.25. The summed E-state index contributed by atoms with van der Waals surface area (Å²) in [6, 6.07) is 7.07. The number of anilines is 1. The number of nitrogen functional groups attached to an aromatic ring is 1. The molecule has 2 aliphatic rings. The number of nitrogens with two attached hydrogens (primary N) is 1. The molecule has 10 nitrogen and oxygen atoms in total. The van der Waals surface area contributed by atoms with E-state index in [0.717, 1.165) is 34.1 Å². The fourth-order valence-corrected chi connectivity index (χ4v) is 6.36. The third-order valence-electron chi connectivity index (χ3n) is 7.74. The van der Waals surface area contributed by atoms with Crippen LogP contribution >= 0.6 is 27.5 Å². The molecule has 1 saturated heterocycles. The van der Waals surface area contributed by atoms with E-state index < -0.39 is 11.6 Å². The lowest BCUT2D eigenvalue weighted by molar-refractivity contribution is -0.127. The average Bonchev–Trinajstić information content (AvgIpc) is 3.27. The van der Waals surface area contributed by atoms with E-state index in [-0.39, 0.29) is 18.0 Å². The number of halogens is 2. The molecule has 0 saturated carbocycles. The molecule has 1 aliphatic carbocycles. The number of carbonyl (C=O) groups is 2. The van der Waals surface area contributed by atoms with Crippen LogP contribution in [-0.2, 0) is 24.2 Å². The zero-order valence-electron chi connectivity index (χ0n) is 24.2. The number of amides is 3. The number of nitrogens with one attached hydrogen (secondary N) is 2. The SMILES string of the molecule is CC(C)(C)NC(=O)N1CCN(C2c3ccc(Cl)cc3CCc3cc(Br)cnc32)C[C@@H]1C(=O)NCCCn1ccnc1N. The van der Waals surface area contributed by atoms with Crippen molar-refractivity contribution in [3.63, 3.8) is 0 Å². The van der Waals surface area contributed by atoms with Crippen molar-refractivity contribution in [1.29, 1.82) is 0 Å². The topological polar surface area (TPSA) is 121 Å². The summed E-state index contributed by atoms with van der Waals surface area (Å²) in [7, 11) is 0. The highest BCUT2D eigenvalue weighted by Crippen LogP contribution is 2.38. The molecule has 1 aromatic carbocycles. The zero-order valence-corrected chi connectivity index (χ0v) is 26.6. The first-order valence-corrected chi connectivity index (χ1v) is 15.5. The van der Waals surface area contributed by atoms with Gasteiger partial charge in [0.1, 0.15) is 6.04 Å². The summed E-state index contributed by atoms with van der Waals surface area (Å²) in [5, 5.41) is 6.82. The second-order valence-electron chi connectivity index (χ2n) is 12.0. The number of aromatic nitrogens is 3. The highest BCUT2D eigenvalue weighted by atomic mass is 79.9. The van der Waals surface area contributed by atoms with Crippen molar-refractivity contribution in [2.45, 2.75) is 64.2 Å². The molecule has 12 heteroatoms. The van der Waals surface area contributed by atoms with Gasteiger partial charge in [0.15, 0.2) is 5.95 Å². The number of rotatable bonds is 6. The lowest BCUT2D eigenvalue weighted by Crippen LogP contribution is -2.64. The minimum absolute atomic E-state index is 0.171. The number of imidazole rings is 1. The van der Waals surface area contributed by atoms with Crippen LogP contribution in [0, 0.1) is 0 Å². The molecule has 2 atom stereocenters. The Kier molecular flexibility index (Phi) is 9.10. The number of hydrogen-bond donors (Lipinski definition) is 3. The molecule has 3 heterocycles. The van der Waals surface area contributed by atoms with E-state index in [9.17, 15) is 9.59 Å². The lowest BCUT2D eigenvalue weighted by atomic mass is 9.95. The standard InChI is InChI=1S/C30H38BrClN8O2/c1-30(2,3)37-29(42)40-14-13-39(18-24(40)27(41)34-9-4-11-38-12-10-35-28(38)33)26-23-8-7-22(32)16-19(23)5-6-20-15-21(31)17-36-25(20)26/h7-8,10,12,15-17,24,26H,4-6,9,11,13-14,18H2,1-3H3,(H2,33,35)(H,34,41)(H,37,42)/t24-,26?/m1/s1. The van der Waals surface area contributed by atoms with Crippen molar-refractivity contribution in [2.24, 2.45) is 0 Å². The Balaban J connectivity index is 1.41. The van der Waals surface area contributed by atoms with Crippen LogP contribution in [-0.4, -0.2) is 74.0 Å². The van der Waals surface area contributed by atoms with Crippen LogP contribution in [0.4, 0.5) is 10.7 Å². The number of urea groups is 1. The zero-order chi connectivity index (χ0) is 30.0. The molecule has 1 aliphatic heterocycles. The monoisotopic (exact) mass is 656 g/mol. The minimum atomic E-state index is -0.683. The summed E-state index contributed by atoms with van der Waals surface area (Å²) in [6.07, 6.45) is 7.66. The summed E-state index contributed by atoms with van der Waals surface area (Å²) in [4.78, 5) is 40.0. The predicted molar refractivity (Wildman–Crippen MR) is 167 cm³/mol. The number of nitrogens with zero attached hydrogens (tertiary/aromatic N) is 5. The van der Waals surface area contributed by atoms with Gasteiger partial charge in [-0.15, -0.1) is 0 Å². The molecule has 224 valence electrons. The van der Waals surface area contributed by atoms with Crippen LogP contribution in [0.3, 0.4) is 0 Å². The molecule has 3 aromatic rings. The summed E-state index contributed by atoms with van der Waals surface area (Å²) >= 11 is 10.0. The van der Waals surface area contributed by atoms with Gasteiger partial charge in [0.25, 0.3) is 0 Å². The van der Waals surface area contributed by atoms with Crippen LogP contribution in [0.2, 0.25) is 5.02 Å². The van der Waals surface area contributed by atoms with Crippen molar-refractivity contribution >= 4 is 45.4 Å². The van der Waals surface area contributed by atoms with Crippen molar-refractivity contribution in [1.82, 2.24) is 35.0 Å². The third-order valence-corrected chi connectivity index (χ3v) is 8.40. The normalized spacial score (nSPS) is 19.0. The van der Waals surface area contributed by atoms with Gasteiger partial charge in [-0.05, 0) is 90.9 Å². The Labute approximate surface area is 260 Å². The molecule has 0 radical (unpaired) electrons. The molecule has 1 fully saturated rings. The quantitative estimate of drug-likeness (QED) is 0.343. The van der Waals surface area contributed by atoms with Gasteiger partial charge >= 0.3 is 6.03 Å². The molecular weight excluding hydrogens is 620 g/mol. The fraction of sp³-hybridized carbons (Fsp3) is 0.467. The number of benzene rings is 1. The van der Waals surface area contributed by atoms with Gasteiger partial charge < -0.3 is 25.8 Å². The molecule has 1 unspecified atom stereocenters. The number of piperazine rings is 1. The van der Waals surface area contributed by atoms with Gasteiger partial charge in [-0.2, -0.15) is 0 Å². The molecule has 0 bridgehead atoms. The van der Waals surface area contributed by atoms with E-state index in [1.807, 2.05) is 49.9 Å². The van der Waals surface area contributed by atoms with Gasteiger partial charge in [0.05, 0.1) is 11.7 Å². The van der Waals surface area contributed by atoms with E-state index in [4.69, 9.17) is 22.3 Å². The van der Waals surface area contributed by atoms with Crippen molar-refractivity contribution in [2.75, 3.05) is 31.9 Å². The predicted octanol–water partition coefficient (Wildman–Crippen LogP) is 4.17. The Bertz CT molecular complexity index is 1400. The maximum atomic E-state index is 13.7. The Hall–Kier alpha value is -3.15. The molecule has 5 rings (SSSR count). The molecule has 0 spiro atoms. The smallest absolute Gasteiger partial charge is 0.318 e. The van der Waals surface area contributed by atoms with Crippen LogP contribution < -0.4 is 16.4 Å². The van der Waals surface area contributed by atoms with Crippen LogP contribution in [0.5, 0.6) is 0 Å². The van der Waals surface area contributed by atoms with Crippen LogP contribution in [0.1, 0.15) is 55.6 Å². The first-order valence-electron chi connectivity index (χ1n) is 14.3. The van der Waals surface area contributed by atoms with E-state index in [1.54, 1.807) is 11.1 Å². The van der Waals surface area contributed by atoms with Crippen molar-refractivity contribution in [3.8, 4) is 0 Å².